The molecule has 0 unspecified atom stereocenters. The number of hydrogen-bond donors (Lipinski definition) is 2. The first kappa shape index (κ1) is 20.5. The summed E-state index contributed by atoms with van der Waals surface area (Å²) >= 11 is 0. The number of amides is 1. The van der Waals surface area contributed by atoms with Crippen molar-refractivity contribution in [3.8, 4) is 0 Å². The van der Waals surface area contributed by atoms with Crippen molar-refractivity contribution in [2.24, 2.45) is 0 Å². The third kappa shape index (κ3) is 6.15. The van der Waals surface area contributed by atoms with Crippen LogP contribution in [0, 0.1) is 5.82 Å². The minimum absolute atomic E-state index is 0.0482. The molecule has 0 spiro atoms. The molecule has 0 saturated carbocycles. The molecule has 0 aliphatic heterocycles. The van der Waals surface area contributed by atoms with E-state index in [1.165, 1.54) is 25.3 Å². The van der Waals surface area contributed by atoms with E-state index in [1.807, 2.05) is 0 Å². The van der Waals surface area contributed by atoms with Gasteiger partial charge in [-0.1, -0.05) is 6.07 Å². The highest BCUT2D eigenvalue weighted by Gasteiger charge is 2.13. The number of anilines is 1. The second kappa shape index (κ2) is 9.24. The van der Waals surface area contributed by atoms with E-state index >= 15 is 0 Å². The van der Waals surface area contributed by atoms with Crippen LogP contribution < -0.4 is 10.0 Å². The van der Waals surface area contributed by atoms with Gasteiger partial charge in [-0.15, -0.1) is 0 Å². The lowest BCUT2D eigenvalue weighted by Gasteiger charge is -2.08. The number of benzene rings is 2. The van der Waals surface area contributed by atoms with E-state index in [4.69, 9.17) is 0 Å². The maximum atomic E-state index is 12.9. The van der Waals surface area contributed by atoms with Crippen LogP contribution in [0.4, 0.5) is 10.1 Å². The Morgan fingerprint density at radius 3 is 2.48 bits per heavy atom. The molecular formula is C18H19FN2O5S. The Morgan fingerprint density at radius 1 is 1.11 bits per heavy atom. The number of halogens is 1. The fourth-order valence-electron chi connectivity index (χ4n) is 2.22. The van der Waals surface area contributed by atoms with Gasteiger partial charge < -0.3 is 10.1 Å². The molecule has 1 amide bonds. The van der Waals surface area contributed by atoms with Crippen LogP contribution in [0.25, 0.3) is 0 Å². The Bertz CT molecular complexity index is 914. The molecule has 0 radical (unpaired) electrons. The van der Waals surface area contributed by atoms with Crippen molar-refractivity contribution in [1.82, 2.24) is 4.72 Å². The van der Waals surface area contributed by atoms with Crippen LogP contribution in [-0.2, 0) is 19.6 Å². The van der Waals surface area contributed by atoms with Crippen molar-refractivity contribution in [3.05, 3.63) is 59.9 Å². The summed E-state index contributed by atoms with van der Waals surface area (Å²) in [5.74, 6) is -1.36. The first-order valence-corrected chi connectivity index (χ1v) is 9.53. The van der Waals surface area contributed by atoms with Gasteiger partial charge in [0, 0.05) is 18.7 Å². The van der Waals surface area contributed by atoms with Crippen molar-refractivity contribution in [1.29, 1.82) is 0 Å². The van der Waals surface area contributed by atoms with Crippen LogP contribution in [0.2, 0.25) is 0 Å². The zero-order valence-electron chi connectivity index (χ0n) is 14.6. The fourth-order valence-corrected chi connectivity index (χ4v) is 3.29. The number of rotatable bonds is 8. The Kier molecular flexibility index (Phi) is 7.03. The number of sulfonamides is 1. The third-order valence-corrected chi connectivity index (χ3v) is 5.04. The number of nitrogens with one attached hydrogen (secondary N) is 2. The van der Waals surface area contributed by atoms with Crippen LogP contribution in [0.15, 0.2) is 53.4 Å². The SMILES string of the molecule is COC(=O)c1cccc(NC(=O)CCCNS(=O)(=O)c2ccc(F)cc2)c1. The summed E-state index contributed by atoms with van der Waals surface area (Å²) in [4.78, 5) is 23.4. The molecule has 0 bridgehead atoms. The van der Waals surface area contributed by atoms with E-state index < -0.39 is 21.8 Å². The highest BCUT2D eigenvalue weighted by molar-refractivity contribution is 7.89. The normalized spacial score (nSPS) is 11.0. The quantitative estimate of drug-likeness (QED) is 0.528. The molecule has 0 aromatic heterocycles. The molecule has 0 saturated heterocycles. The van der Waals surface area contributed by atoms with Crippen molar-refractivity contribution >= 4 is 27.6 Å². The summed E-state index contributed by atoms with van der Waals surface area (Å²) in [5, 5.41) is 2.63. The standard InChI is InChI=1S/C18H19FN2O5S/c1-26-18(23)13-4-2-5-15(12-13)21-17(22)6-3-11-20-27(24,25)16-9-7-14(19)8-10-16/h2,4-5,7-10,12,20H,3,6,11H2,1H3,(H,21,22). The van der Waals surface area contributed by atoms with Crippen molar-refractivity contribution in [2.75, 3.05) is 19.0 Å². The lowest BCUT2D eigenvalue weighted by molar-refractivity contribution is -0.116. The largest absolute Gasteiger partial charge is 0.465 e. The molecule has 7 nitrogen and oxygen atoms in total. The van der Waals surface area contributed by atoms with Gasteiger partial charge in [-0.25, -0.2) is 22.3 Å². The average molecular weight is 394 g/mol. The van der Waals surface area contributed by atoms with Gasteiger partial charge in [0.05, 0.1) is 17.6 Å². The second-order valence-electron chi connectivity index (χ2n) is 5.58. The van der Waals surface area contributed by atoms with Gasteiger partial charge in [-0.05, 0) is 48.9 Å². The van der Waals surface area contributed by atoms with E-state index in [0.29, 0.717) is 11.3 Å². The summed E-state index contributed by atoms with van der Waals surface area (Å²) in [6.45, 7) is 0.0509. The van der Waals surface area contributed by atoms with Gasteiger partial charge >= 0.3 is 5.97 Å². The molecular weight excluding hydrogens is 375 g/mol. The van der Waals surface area contributed by atoms with Crippen LogP contribution >= 0.6 is 0 Å². The Hall–Kier alpha value is -2.78. The van der Waals surface area contributed by atoms with Gasteiger partial charge in [0.1, 0.15) is 5.82 Å². The van der Waals surface area contributed by atoms with Crippen molar-refractivity contribution < 1.29 is 27.1 Å². The maximum absolute atomic E-state index is 12.9. The van der Waals surface area contributed by atoms with Crippen LogP contribution in [0.3, 0.4) is 0 Å². The molecule has 2 N–H and O–H groups in total. The Labute approximate surface area is 156 Å². The number of hydrogen-bond acceptors (Lipinski definition) is 5. The van der Waals surface area contributed by atoms with Gasteiger partial charge in [-0.3, -0.25) is 4.79 Å². The van der Waals surface area contributed by atoms with E-state index in [1.54, 1.807) is 18.2 Å². The highest BCUT2D eigenvalue weighted by Crippen LogP contribution is 2.13. The third-order valence-electron chi connectivity index (χ3n) is 3.56. The maximum Gasteiger partial charge on any atom is 0.337 e. The first-order chi connectivity index (χ1) is 12.8. The topological polar surface area (TPSA) is 102 Å². The van der Waals surface area contributed by atoms with Crippen molar-refractivity contribution in [3.63, 3.8) is 0 Å². The number of methoxy groups -OCH3 is 1. The number of ether oxygens (including phenoxy) is 1. The summed E-state index contributed by atoms with van der Waals surface area (Å²) < 4.78 is 43.9. The Morgan fingerprint density at radius 2 is 1.81 bits per heavy atom. The molecule has 0 aliphatic carbocycles. The van der Waals surface area contributed by atoms with Gasteiger partial charge in [0.2, 0.25) is 15.9 Å². The van der Waals surface area contributed by atoms with E-state index in [2.05, 4.69) is 14.8 Å². The molecule has 2 aromatic carbocycles. The second-order valence-corrected chi connectivity index (χ2v) is 7.34. The Balaban J connectivity index is 1.81. The molecule has 144 valence electrons. The van der Waals surface area contributed by atoms with Crippen LogP contribution in [0.1, 0.15) is 23.2 Å². The molecule has 2 aromatic rings. The van der Waals surface area contributed by atoms with Gasteiger partial charge in [-0.2, -0.15) is 0 Å². The fraction of sp³-hybridized carbons (Fsp3) is 0.222. The van der Waals surface area contributed by atoms with Crippen LogP contribution in [0.5, 0.6) is 0 Å². The predicted molar refractivity (Wildman–Crippen MR) is 97.2 cm³/mol. The monoisotopic (exact) mass is 394 g/mol. The molecule has 0 heterocycles. The summed E-state index contributed by atoms with van der Waals surface area (Å²) in [5.41, 5.74) is 0.747. The van der Waals surface area contributed by atoms with Gasteiger partial charge in [0.25, 0.3) is 0 Å². The highest BCUT2D eigenvalue weighted by atomic mass is 32.2. The lowest BCUT2D eigenvalue weighted by atomic mass is 10.2. The zero-order valence-corrected chi connectivity index (χ0v) is 15.4. The number of esters is 1. The minimum Gasteiger partial charge on any atom is -0.465 e. The lowest BCUT2D eigenvalue weighted by Crippen LogP contribution is -2.25. The summed E-state index contributed by atoms with van der Waals surface area (Å²) in [6, 6.07) is 10.7. The average Bonchev–Trinajstić information content (AvgIpc) is 2.65. The van der Waals surface area contributed by atoms with E-state index in [-0.39, 0.29) is 30.2 Å². The minimum atomic E-state index is -3.75. The first-order valence-electron chi connectivity index (χ1n) is 8.05. The summed E-state index contributed by atoms with van der Waals surface area (Å²) in [7, 11) is -2.49. The smallest absolute Gasteiger partial charge is 0.337 e. The zero-order chi connectivity index (χ0) is 19.9. The number of carbonyl (C=O) groups excluding carboxylic acids is 2. The predicted octanol–water partition coefficient (Wildman–Crippen LogP) is 2.31. The molecule has 0 aliphatic rings. The molecule has 27 heavy (non-hydrogen) atoms. The molecule has 2 rings (SSSR count). The van der Waals surface area contributed by atoms with Gasteiger partial charge in [0.15, 0.2) is 0 Å². The molecule has 0 atom stereocenters. The van der Waals surface area contributed by atoms with E-state index in [9.17, 15) is 22.4 Å². The molecule has 9 heteroatoms. The van der Waals surface area contributed by atoms with E-state index in [0.717, 1.165) is 12.1 Å². The summed E-state index contributed by atoms with van der Waals surface area (Å²) in [6.07, 6.45) is 0.345. The number of carbonyl (C=O) groups is 2. The molecule has 0 fully saturated rings. The van der Waals surface area contributed by atoms with Crippen LogP contribution in [-0.4, -0.2) is 33.9 Å². The van der Waals surface area contributed by atoms with Crippen molar-refractivity contribution in [2.45, 2.75) is 17.7 Å².